The Bertz CT molecular complexity index is 604. The van der Waals surface area contributed by atoms with E-state index >= 15 is 0 Å². The molecule has 1 amide bonds. The number of primary amides is 1. The molecule has 106 valence electrons. The first-order valence-corrected chi connectivity index (χ1v) is 6.67. The van der Waals surface area contributed by atoms with Gasteiger partial charge in [-0.25, -0.2) is 21.9 Å². The molecule has 1 unspecified atom stereocenters. The van der Waals surface area contributed by atoms with Crippen LogP contribution in [0.4, 0.5) is 14.5 Å². The molecule has 1 rings (SSSR count). The Labute approximate surface area is 108 Å². The molecule has 0 aliphatic rings. The van der Waals surface area contributed by atoms with Crippen molar-refractivity contribution in [2.24, 2.45) is 5.73 Å². The fraction of sp³-hybridized carbons (Fsp3) is 0.300. The molecular weight excluding hydrogens is 280 g/mol. The summed E-state index contributed by atoms with van der Waals surface area (Å²) in [6.07, 6.45) is -0.252. The maximum atomic E-state index is 13.4. The standard InChI is InChI=1S/C10H13F2N3O3S/c1-5(2-10(14)16)15-19(17,18)9-4-8(13)6(11)3-7(9)12/h3-5,15H,2,13H2,1H3,(H2,14,16). The number of hydrogen-bond donors (Lipinski definition) is 3. The van der Waals surface area contributed by atoms with Crippen molar-refractivity contribution in [2.45, 2.75) is 24.3 Å². The molecule has 0 aliphatic heterocycles. The zero-order chi connectivity index (χ0) is 14.8. The smallest absolute Gasteiger partial charge is 0.243 e. The number of halogens is 2. The van der Waals surface area contributed by atoms with Gasteiger partial charge in [-0.3, -0.25) is 4.79 Å². The Morgan fingerprint density at radius 3 is 2.47 bits per heavy atom. The lowest BCUT2D eigenvalue weighted by Gasteiger charge is -2.13. The Hall–Kier alpha value is -1.74. The van der Waals surface area contributed by atoms with E-state index in [4.69, 9.17) is 11.5 Å². The summed E-state index contributed by atoms with van der Waals surface area (Å²) in [4.78, 5) is 9.85. The minimum Gasteiger partial charge on any atom is -0.396 e. The molecule has 5 N–H and O–H groups in total. The van der Waals surface area contributed by atoms with Gasteiger partial charge < -0.3 is 11.5 Å². The number of amides is 1. The summed E-state index contributed by atoms with van der Waals surface area (Å²) in [6, 6.07) is 0.222. The average molecular weight is 293 g/mol. The highest BCUT2D eigenvalue weighted by atomic mass is 32.2. The summed E-state index contributed by atoms with van der Waals surface area (Å²) in [5, 5.41) is 0. The van der Waals surface area contributed by atoms with Crippen LogP contribution in [0.15, 0.2) is 17.0 Å². The number of nitrogen functional groups attached to an aromatic ring is 1. The van der Waals surface area contributed by atoms with Crippen molar-refractivity contribution in [1.29, 1.82) is 0 Å². The predicted molar refractivity (Wildman–Crippen MR) is 64.4 cm³/mol. The van der Waals surface area contributed by atoms with Crippen LogP contribution in [0.1, 0.15) is 13.3 Å². The first kappa shape index (κ1) is 15.3. The summed E-state index contributed by atoms with van der Waals surface area (Å²) in [5.74, 6) is -3.04. The van der Waals surface area contributed by atoms with Gasteiger partial charge >= 0.3 is 0 Å². The molecule has 19 heavy (non-hydrogen) atoms. The molecule has 0 heterocycles. The number of nitrogens with two attached hydrogens (primary N) is 2. The molecule has 1 aromatic carbocycles. The van der Waals surface area contributed by atoms with Gasteiger partial charge in [0.25, 0.3) is 0 Å². The van der Waals surface area contributed by atoms with Crippen LogP contribution in [0.25, 0.3) is 0 Å². The average Bonchev–Trinajstić information content (AvgIpc) is 2.20. The number of carbonyl (C=O) groups excluding carboxylic acids is 1. The lowest BCUT2D eigenvalue weighted by Crippen LogP contribution is -2.36. The molecule has 9 heteroatoms. The van der Waals surface area contributed by atoms with Gasteiger partial charge in [0.05, 0.1) is 5.69 Å². The van der Waals surface area contributed by atoms with Crippen molar-refractivity contribution in [3.8, 4) is 0 Å². The fourth-order valence-corrected chi connectivity index (χ4v) is 2.76. The SMILES string of the molecule is CC(CC(N)=O)NS(=O)(=O)c1cc(N)c(F)cc1F. The van der Waals surface area contributed by atoms with Crippen LogP contribution in [-0.2, 0) is 14.8 Å². The van der Waals surface area contributed by atoms with Gasteiger partial charge in [0.2, 0.25) is 15.9 Å². The number of rotatable bonds is 5. The maximum absolute atomic E-state index is 13.4. The molecule has 0 bridgehead atoms. The zero-order valence-electron chi connectivity index (χ0n) is 9.98. The van der Waals surface area contributed by atoms with Crippen molar-refractivity contribution < 1.29 is 22.0 Å². The van der Waals surface area contributed by atoms with Gasteiger partial charge in [0, 0.05) is 18.5 Å². The second-order valence-electron chi connectivity index (χ2n) is 4.00. The Kier molecular flexibility index (Phi) is 4.43. The second-order valence-corrected chi connectivity index (χ2v) is 5.68. The van der Waals surface area contributed by atoms with Crippen LogP contribution in [0.3, 0.4) is 0 Å². The van der Waals surface area contributed by atoms with Crippen LogP contribution in [-0.4, -0.2) is 20.4 Å². The predicted octanol–water partition coefficient (Wildman–Crippen LogP) is 0.0892. The fourth-order valence-electron chi connectivity index (χ4n) is 1.42. The van der Waals surface area contributed by atoms with E-state index in [1.54, 1.807) is 0 Å². The van der Waals surface area contributed by atoms with E-state index in [0.717, 1.165) is 0 Å². The van der Waals surface area contributed by atoms with Crippen LogP contribution in [0.5, 0.6) is 0 Å². The van der Waals surface area contributed by atoms with Gasteiger partial charge in [0.1, 0.15) is 16.5 Å². The molecule has 0 aliphatic carbocycles. The van der Waals surface area contributed by atoms with E-state index in [2.05, 4.69) is 0 Å². The Balaban J connectivity index is 3.07. The molecule has 0 fully saturated rings. The van der Waals surface area contributed by atoms with E-state index in [1.165, 1.54) is 6.92 Å². The van der Waals surface area contributed by atoms with Crippen molar-refractivity contribution in [1.82, 2.24) is 4.72 Å². The largest absolute Gasteiger partial charge is 0.396 e. The highest BCUT2D eigenvalue weighted by molar-refractivity contribution is 7.89. The zero-order valence-corrected chi connectivity index (χ0v) is 10.8. The number of hydrogen-bond acceptors (Lipinski definition) is 4. The van der Waals surface area contributed by atoms with E-state index in [-0.39, 0.29) is 6.42 Å². The lowest BCUT2D eigenvalue weighted by atomic mass is 10.2. The van der Waals surface area contributed by atoms with Crippen molar-refractivity contribution in [2.75, 3.05) is 5.73 Å². The van der Waals surface area contributed by atoms with Crippen LogP contribution >= 0.6 is 0 Å². The normalized spacial score (nSPS) is 13.2. The van der Waals surface area contributed by atoms with Gasteiger partial charge in [-0.05, 0) is 13.0 Å². The third-order valence-corrected chi connectivity index (χ3v) is 3.81. The number of anilines is 1. The second kappa shape index (κ2) is 5.49. The van der Waals surface area contributed by atoms with Gasteiger partial charge in [-0.1, -0.05) is 0 Å². The summed E-state index contributed by atoms with van der Waals surface area (Å²) in [5.41, 5.74) is 9.60. The molecular formula is C10H13F2N3O3S. The topological polar surface area (TPSA) is 115 Å². The van der Waals surface area contributed by atoms with Crippen LogP contribution in [0, 0.1) is 11.6 Å². The first-order chi connectivity index (χ1) is 8.63. The highest BCUT2D eigenvalue weighted by Crippen LogP contribution is 2.21. The maximum Gasteiger partial charge on any atom is 0.243 e. The quantitative estimate of drug-likeness (QED) is 0.667. The van der Waals surface area contributed by atoms with Crippen molar-refractivity contribution in [3.05, 3.63) is 23.8 Å². The summed E-state index contributed by atoms with van der Waals surface area (Å²) in [7, 11) is -4.25. The number of benzene rings is 1. The minimum atomic E-state index is -4.25. The van der Waals surface area contributed by atoms with Crippen molar-refractivity contribution in [3.63, 3.8) is 0 Å². The van der Waals surface area contributed by atoms with Crippen molar-refractivity contribution >= 4 is 21.6 Å². The number of carbonyl (C=O) groups is 1. The number of nitrogens with one attached hydrogen (secondary N) is 1. The highest BCUT2D eigenvalue weighted by Gasteiger charge is 2.23. The lowest BCUT2D eigenvalue weighted by molar-refractivity contribution is -0.118. The van der Waals surface area contributed by atoms with E-state index in [9.17, 15) is 22.0 Å². The first-order valence-electron chi connectivity index (χ1n) is 5.18. The minimum absolute atomic E-state index is 0.252. The van der Waals surface area contributed by atoms with E-state index in [0.29, 0.717) is 12.1 Å². The molecule has 0 saturated heterocycles. The third kappa shape index (κ3) is 3.86. The number of sulfonamides is 1. The monoisotopic (exact) mass is 293 g/mol. The molecule has 0 spiro atoms. The molecule has 1 atom stereocenters. The molecule has 0 radical (unpaired) electrons. The Morgan fingerprint density at radius 2 is 1.95 bits per heavy atom. The molecule has 1 aromatic rings. The Morgan fingerprint density at radius 1 is 1.37 bits per heavy atom. The van der Waals surface area contributed by atoms with Crippen LogP contribution in [0.2, 0.25) is 0 Å². The molecule has 0 aromatic heterocycles. The van der Waals surface area contributed by atoms with Gasteiger partial charge in [-0.2, -0.15) is 0 Å². The summed E-state index contributed by atoms with van der Waals surface area (Å²) >= 11 is 0. The van der Waals surface area contributed by atoms with Gasteiger partial charge in [0.15, 0.2) is 0 Å². The molecule has 6 nitrogen and oxygen atoms in total. The summed E-state index contributed by atoms with van der Waals surface area (Å²) in [6.45, 7) is 1.38. The molecule has 0 saturated carbocycles. The summed E-state index contributed by atoms with van der Waals surface area (Å²) < 4.78 is 52.1. The third-order valence-electron chi connectivity index (χ3n) is 2.20. The van der Waals surface area contributed by atoms with Gasteiger partial charge in [-0.15, -0.1) is 0 Å². The van der Waals surface area contributed by atoms with Crippen LogP contribution < -0.4 is 16.2 Å². The van der Waals surface area contributed by atoms with E-state index in [1.807, 2.05) is 4.72 Å². The van der Waals surface area contributed by atoms with E-state index < -0.39 is 44.2 Å².